The Morgan fingerprint density at radius 3 is 2.88 bits per heavy atom. The number of ether oxygens (including phenoxy) is 1. The van der Waals surface area contributed by atoms with Crippen LogP contribution in [0.5, 0.6) is 0 Å². The van der Waals surface area contributed by atoms with E-state index >= 15 is 0 Å². The lowest BCUT2D eigenvalue weighted by atomic mass is 9.95. The molecule has 1 aliphatic rings. The quantitative estimate of drug-likeness (QED) is 0.890. The topological polar surface area (TPSA) is 39.1 Å². The Labute approximate surface area is 107 Å². The summed E-state index contributed by atoms with van der Waals surface area (Å²) >= 11 is 6.28. The molecule has 4 nitrogen and oxygen atoms in total. The van der Waals surface area contributed by atoms with Crippen molar-refractivity contribution < 1.29 is 4.74 Å². The Morgan fingerprint density at radius 2 is 2.41 bits per heavy atom. The molecule has 2 unspecified atom stereocenters. The minimum atomic E-state index is 0.407. The lowest BCUT2D eigenvalue weighted by Gasteiger charge is -2.22. The first-order chi connectivity index (χ1) is 8.13. The zero-order valence-corrected chi connectivity index (χ0v) is 11.4. The molecule has 1 saturated heterocycles. The molecule has 0 bridgehead atoms. The Hall–Kier alpha value is -0.580. The highest BCUT2D eigenvalue weighted by Crippen LogP contribution is 2.25. The molecular weight excluding hydrogens is 238 g/mol. The van der Waals surface area contributed by atoms with Gasteiger partial charge in [0.2, 0.25) is 0 Å². The van der Waals surface area contributed by atoms with E-state index in [2.05, 4.69) is 10.4 Å². The van der Waals surface area contributed by atoms with Crippen molar-refractivity contribution in [3.05, 3.63) is 16.4 Å². The van der Waals surface area contributed by atoms with Crippen molar-refractivity contribution in [1.29, 1.82) is 0 Å². The normalized spacial score (nSPS) is 22.0. The van der Waals surface area contributed by atoms with Gasteiger partial charge in [0, 0.05) is 32.0 Å². The number of halogens is 1. The molecule has 96 valence electrons. The maximum absolute atomic E-state index is 6.28. The van der Waals surface area contributed by atoms with Gasteiger partial charge in [0.1, 0.15) is 0 Å². The highest BCUT2D eigenvalue weighted by atomic mass is 35.5. The van der Waals surface area contributed by atoms with Crippen LogP contribution in [0.3, 0.4) is 0 Å². The second kappa shape index (κ2) is 5.38. The summed E-state index contributed by atoms with van der Waals surface area (Å²) in [7, 11) is 3.95. The first kappa shape index (κ1) is 12.9. The van der Waals surface area contributed by atoms with Crippen LogP contribution in [0, 0.1) is 12.8 Å². The van der Waals surface area contributed by atoms with E-state index in [4.69, 9.17) is 16.3 Å². The maximum atomic E-state index is 6.28. The molecule has 1 N–H and O–H groups in total. The zero-order valence-electron chi connectivity index (χ0n) is 10.7. The average Bonchev–Trinajstić information content (AvgIpc) is 2.89. The zero-order chi connectivity index (χ0) is 12.4. The predicted molar refractivity (Wildman–Crippen MR) is 68.4 cm³/mol. The van der Waals surface area contributed by atoms with Gasteiger partial charge in [-0.05, 0) is 20.4 Å². The number of aromatic nitrogens is 2. The van der Waals surface area contributed by atoms with Crippen LogP contribution in [-0.2, 0) is 18.2 Å². The molecule has 1 aromatic heterocycles. The highest BCUT2D eigenvalue weighted by Gasteiger charge is 2.26. The van der Waals surface area contributed by atoms with E-state index in [1.54, 1.807) is 0 Å². The van der Waals surface area contributed by atoms with Crippen molar-refractivity contribution in [2.45, 2.75) is 25.8 Å². The maximum Gasteiger partial charge on any atom is 0.0847 e. The Bertz CT molecular complexity index is 385. The monoisotopic (exact) mass is 257 g/mol. The van der Waals surface area contributed by atoms with Gasteiger partial charge >= 0.3 is 0 Å². The number of rotatable bonds is 4. The molecule has 0 aromatic carbocycles. The summed E-state index contributed by atoms with van der Waals surface area (Å²) in [5.74, 6) is 0.575. The molecule has 2 rings (SSSR count). The van der Waals surface area contributed by atoms with E-state index in [9.17, 15) is 0 Å². The Kier molecular flexibility index (Phi) is 4.07. The molecule has 5 heteroatoms. The van der Waals surface area contributed by atoms with Crippen molar-refractivity contribution in [3.8, 4) is 0 Å². The summed E-state index contributed by atoms with van der Waals surface area (Å²) in [6, 6.07) is 0.407. The third kappa shape index (κ3) is 2.64. The van der Waals surface area contributed by atoms with Gasteiger partial charge < -0.3 is 10.1 Å². The predicted octanol–water partition coefficient (Wildman–Crippen LogP) is 1.55. The molecule has 2 heterocycles. The minimum absolute atomic E-state index is 0.407. The second-order valence-electron chi connectivity index (χ2n) is 4.69. The third-order valence-electron chi connectivity index (χ3n) is 3.58. The SMILES string of the molecule is CNC(Cc1c(Cl)c(C)nn1C)C1CCOC1. The standard InChI is InChI=1S/C12H20ClN3O/c1-8-12(13)11(16(3)15-8)6-10(14-2)9-4-5-17-7-9/h9-10,14H,4-7H2,1-3H3. The van der Waals surface area contributed by atoms with Crippen LogP contribution < -0.4 is 5.32 Å². The van der Waals surface area contributed by atoms with Gasteiger partial charge in [-0.3, -0.25) is 4.68 Å². The highest BCUT2D eigenvalue weighted by molar-refractivity contribution is 6.31. The number of hydrogen-bond acceptors (Lipinski definition) is 3. The fourth-order valence-corrected chi connectivity index (χ4v) is 2.72. The van der Waals surface area contributed by atoms with Crippen LogP contribution in [0.1, 0.15) is 17.8 Å². The number of nitrogens with one attached hydrogen (secondary N) is 1. The van der Waals surface area contributed by atoms with Gasteiger partial charge in [0.15, 0.2) is 0 Å². The lowest BCUT2D eigenvalue weighted by molar-refractivity contribution is 0.177. The smallest absolute Gasteiger partial charge is 0.0847 e. The van der Waals surface area contributed by atoms with E-state index in [1.165, 1.54) is 0 Å². The third-order valence-corrected chi connectivity index (χ3v) is 4.07. The van der Waals surface area contributed by atoms with Crippen LogP contribution in [0.2, 0.25) is 5.02 Å². The number of likely N-dealkylation sites (N-methyl/N-ethyl adjacent to an activating group) is 1. The summed E-state index contributed by atoms with van der Waals surface area (Å²) < 4.78 is 7.33. The van der Waals surface area contributed by atoms with E-state index < -0.39 is 0 Å². The van der Waals surface area contributed by atoms with Gasteiger partial charge in [0.25, 0.3) is 0 Å². The van der Waals surface area contributed by atoms with E-state index in [1.807, 2.05) is 25.7 Å². The molecule has 0 radical (unpaired) electrons. The van der Waals surface area contributed by atoms with Crippen LogP contribution in [0.4, 0.5) is 0 Å². The van der Waals surface area contributed by atoms with Crippen molar-refractivity contribution in [2.24, 2.45) is 13.0 Å². The number of aryl methyl sites for hydroxylation is 2. The number of hydrogen-bond donors (Lipinski definition) is 1. The number of nitrogens with zero attached hydrogens (tertiary/aromatic N) is 2. The van der Waals surface area contributed by atoms with E-state index in [0.29, 0.717) is 12.0 Å². The summed E-state index contributed by atoms with van der Waals surface area (Å²) in [4.78, 5) is 0. The Balaban J connectivity index is 2.12. The molecule has 2 atom stereocenters. The molecular formula is C12H20ClN3O. The lowest BCUT2D eigenvalue weighted by Crippen LogP contribution is -2.36. The van der Waals surface area contributed by atoms with E-state index in [0.717, 1.165) is 42.5 Å². The van der Waals surface area contributed by atoms with Crippen molar-refractivity contribution >= 4 is 11.6 Å². The van der Waals surface area contributed by atoms with Crippen LogP contribution in [-0.4, -0.2) is 36.1 Å². The van der Waals surface area contributed by atoms with Crippen molar-refractivity contribution in [3.63, 3.8) is 0 Å². The molecule has 0 saturated carbocycles. The van der Waals surface area contributed by atoms with Gasteiger partial charge in [0.05, 0.1) is 23.0 Å². The van der Waals surface area contributed by atoms with Crippen LogP contribution in [0.25, 0.3) is 0 Å². The first-order valence-electron chi connectivity index (χ1n) is 6.06. The van der Waals surface area contributed by atoms with E-state index in [-0.39, 0.29) is 0 Å². The fraction of sp³-hybridized carbons (Fsp3) is 0.750. The molecule has 17 heavy (non-hydrogen) atoms. The van der Waals surface area contributed by atoms with Gasteiger partial charge in [-0.25, -0.2) is 0 Å². The second-order valence-corrected chi connectivity index (χ2v) is 5.07. The van der Waals surface area contributed by atoms with Crippen molar-refractivity contribution in [1.82, 2.24) is 15.1 Å². The average molecular weight is 258 g/mol. The molecule has 1 fully saturated rings. The minimum Gasteiger partial charge on any atom is -0.381 e. The van der Waals surface area contributed by atoms with Crippen LogP contribution >= 0.6 is 11.6 Å². The summed E-state index contributed by atoms with van der Waals surface area (Å²) in [5, 5.41) is 8.52. The molecule has 1 aliphatic heterocycles. The molecule has 0 aliphatic carbocycles. The molecule has 1 aromatic rings. The summed E-state index contributed by atoms with van der Waals surface area (Å²) in [6.45, 7) is 3.67. The largest absolute Gasteiger partial charge is 0.381 e. The Morgan fingerprint density at radius 1 is 1.65 bits per heavy atom. The summed E-state index contributed by atoms with van der Waals surface area (Å²) in [5.41, 5.74) is 2.01. The van der Waals surface area contributed by atoms with Crippen LogP contribution in [0.15, 0.2) is 0 Å². The molecule has 0 spiro atoms. The van der Waals surface area contributed by atoms with Gasteiger partial charge in [-0.1, -0.05) is 11.6 Å². The first-order valence-corrected chi connectivity index (χ1v) is 6.44. The van der Waals surface area contributed by atoms with Gasteiger partial charge in [-0.2, -0.15) is 5.10 Å². The van der Waals surface area contributed by atoms with Gasteiger partial charge in [-0.15, -0.1) is 0 Å². The fourth-order valence-electron chi connectivity index (χ4n) is 2.48. The molecule has 0 amide bonds. The summed E-state index contributed by atoms with van der Waals surface area (Å²) in [6.07, 6.45) is 2.03. The van der Waals surface area contributed by atoms with Crippen molar-refractivity contribution in [2.75, 3.05) is 20.3 Å².